The molecule has 0 amide bonds. The summed E-state index contributed by atoms with van der Waals surface area (Å²) in [6, 6.07) is 29.6. The van der Waals surface area contributed by atoms with Crippen LogP contribution in [0.4, 0.5) is 0 Å². The van der Waals surface area contributed by atoms with Gasteiger partial charge in [0.15, 0.2) is 11.6 Å². The van der Waals surface area contributed by atoms with Crippen LogP contribution in [0.15, 0.2) is 84.9 Å². The zero-order valence-electron chi connectivity index (χ0n) is 17.9. The molecule has 3 aromatic rings. The van der Waals surface area contributed by atoms with Gasteiger partial charge in [0.25, 0.3) is 0 Å². The molecule has 3 rings (SSSR count). The number of hydrogen-bond acceptors (Lipinski definition) is 4. The Bertz CT molecular complexity index is 1130. The van der Waals surface area contributed by atoms with Crippen molar-refractivity contribution in [1.29, 1.82) is 10.5 Å². The third-order valence-corrected chi connectivity index (χ3v) is 5.69. The van der Waals surface area contributed by atoms with E-state index in [9.17, 15) is 20.1 Å². The molecule has 0 aliphatic rings. The third kappa shape index (κ3) is 5.56. The smallest absolute Gasteiger partial charge is 0.166 e. The number of rotatable bonds is 9. The molecule has 0 saturated carbocycles. The van der Waals surface area contributed by atoms with E-state index in [0.29, 0.717) is 11.1 Å². The second-order valence-corrected chi connectivity index (χ2v) is 7.89. The highest BCUT2D eigenvalue weighted by Gasteiger charge is 2.34. The fourth-order valence-electron chi connectivity index (χ4n) is 3.91. The van der Waals surface area contributed by atoms with Gasteiger partial charge in [-0.05, 0) is 18.9 Å². The van der Waals surface area contributed by atoms with E-state index in [0.717, 1.165) is 11.1 Å². The van der Waals surface area contributed by atoms with Gasteiger partial charge in [-0.25, -0.2) is 0 Å². The summed E-state index contributed by atoms with van der Waals surface area (Å²) in [7, 11) is 0. The van der Waals surface area contributed by atoms with Gasteiger partial charge in [-0.3, -0.25) is 9.59 Å². The fourth-order valence-corrected chi connectivity index (χ4v) is 3.91. The topological polar surface area (TPSA) is 81.7 Å². The Labute approximate surface area is 188 Å². The van der Waals surface area contributed by atoms with E-state index >= 15 is 0 Å². The Balaban J connectivity index is 2.03. The number of nitrogens with zero attached hydrogens (tertiary/aromatic N) is 2. The van der Waals surface area contributed by atoms with Crippen LogP contribution in [0.5, 0.6) is 0 Å². The maximum Gasteiger partial charge on any atom is 0.166 e. The Kier molecular flexibility index (Phi) is 7.68. The predicted molar refractivity (Wildman–Crippen MR) is 123 cm³/mol. The number of benzene rings is 3. The average molecular weight is 421 g/mol. The minimum atomic E-state index is -0.937. The van der Waals surface area contributed by atoms with Gasteiger partial charge in [0.05, 0.1) is 12.1 Å². The molecular formula is C28H24N2O2. The molecule has 2 atom stereocenters. The average Bonchev–Trinajstić information content (AvgIpc) is 2.85. The van der Waals surface area contributed by atoms with E-state index in [1.807, 2.05) is 67.6 Å². The molecule has 0 radical (unpaired) electrons. The van der Waals surface area contributed by atoms with E-state index < -0.39 is 17.8 Å². The van der Waals surface area contributed by atoms with Crippen LogP contribution in [-0.4, -0.2) is 11.6 Å². The highest BCUT2D eigenvalue weighted by atomic mass is 16.1. The predicted octanol–water partition coefficient (Wildman–Crippen LogP) is 5.90. The monoisotopic (exact) mass is 420 g/mol. The van der Waals surface area contributed by atoms with Crippen molar-refractivity contribution in [2.45, 2.75) is 25.7 Å². The molecule has 0 heterocycles. The molecule has 0 aliphatic heterocycles. The lowest BCUT2D eigenvalue weighted by atomic mass is 9.74. The molecule has 0 saturated heterocycles. The zero-order chi connectivity index (χ0) is 22.9. The summed E-state index contributed by atoms with van der Waals surface area (Å²) in [5, 5.41) is 18.8. The highest BCUT2D eigenvalue weighted by molar-refractivity contribution is 6.00. The molecule has 0 spiro atoms. The second kappa shape index (κ2) is 10.8. The molecular weight excluding hydrogens is 396 g/mol. The molecule has 3 aromatic carbocycles. The van der Waals surface area contributed by atoms with Gasteiger partial charge < -0.3 is 0 Å². The van der Waals surface area contributed by atoms with Crippen LogP contribution in [0, 0.1) is 41.4 Å². The normalized spacial score (nSPS) is 12.4. The van der Waals surface area contributed by atoms with Gasteiger partial charge in [0.1, 0.15) is 5.92 Å². The molecule has 0 aliphatic carbocycles. The lowest BCUT2D eigenvalue weighted by molar-refractivity contribution is 0.0864. The van der Waals surface area contributed by atoms with Crippen molar-refractivity contribution in [2.24, 2.45) is 11.8 Å². The molecule has 2 unspecified atom stereocenters. The van der Waals surface area contributed by atoms with Crippen LogP contribution in [0.25, 0.3) is 0 Å². The first-order valence-corrected chi connectivity index (χ1v) is 10.6. The van der Waals surface area contributed by atoms with Gasteiger partial charge in [0.2, 0.25) is 0 Å². The first-order chi connectivity index (χ1) is 15.5. The van der Waals surface area contributed by atoms with Gasteiger partial charge in [-0.2, -0.15) is 10.5 Å². The molecule has 158 valence electrons. The minimum Gasteiger partial charge on any atom is -0.294 e. The Morgan fingerprint density at radius 3 is 1.91 bits per heavy atom. The van der Waals surface area contributed by atoms with Crippen LogP contribution < -0.4 is 0 Å². The SMILES string of the molecule is Cc1ccc(C(=O)CC(c2ccccc2)C(CC(C#N)C#N)C(=O)c2ccccc2)cc1. The number of hydrogen-bond donors (Lipinski definition) is 0. The van der Waals surface area contributed by atoms with Crippen molar-refractivity contribution in [3.05, 3.63) is 107 Å². The number of Topliss-reactive ketones (excluding diaryl/α,β-unsaturated/α-hetero) is 2. The van der Waals surface area contributed by atoms with E-state index in [1.165, 1.54) is 0 Å². The van der Waals surface area contributed by atoms with Crippen LogP contribution >= 0.6 is 0 Å². The lowest BCUT2D eigenvalue weighted by Gasteiger charge is -2.27. The quantitative estimate of drug-likeness (QED) is 0.403. The summed E-state index contributed by atoms with van der Waals surface area (Å²) in [4.78, 5) is 26.7. The maximum absolute atomic E-state index is 13.6. The summed E-state index contributed by atoms with van der Waals surface area (Å²) >= 11 is 0. The van der Waals surface area contributed by atoms with Crippen LogP contribution in [0.1, 0.15) is 50.6 Å². The first kappa shape index (κ1) is 22.7. The van der Waals surface area contributed by atoms with Crippen molar-refractivity contribution < 1.29 is 9.59 Å². The fraction of sp³-hybridized carbons (Fsp3) is 0.214. The molecule has 0 bridgehead atoms. The molecule has 0 aromatic heterocycles. The Hall–Kier alpha value is -4.02. The summed E-state index contributed by atoms with van der Waals surface area (Å²) in [6.45, 7) is 1.96. The van der Waals surface area contributed by atoms with Crippen molar-refractivity contribution in [1.82, 2.24) is 0 Å². The van der Waals surface area contributed by atoms with Gasteiger partial charge in [-0.15, -0.1) is 0 Å². The molecule has 4 nitrogen and oxygen atoms in total. The van der Waals surface area contributed by atoms with Gasteiger partial charge in [-0.1, -0.05) is 90.5 Å². The number of nitriles is 2. The van der Waals surface area contributed by atoms with Crippen LogP contribution in [-0.2, 0) is 0 Å². The number of carbonyl (C=O) groups is 2. The Morgan fingerprint density at radius 2 is 1.34 bits per heavy atom. The molecule has 32 heavy (non-hydrogen) atoms. The van der Waals surface area contributed by atoms with Crippen LogP contribution in [0.3, 0.4) is 0 Å². The van der Waals surface area contributed by atoms with Crippen molar-refractivity contribution >= 4 is 11.6 Å². The van der Waals surface area contributed by atoms with Gasteiger partial charge in [0, 0.05) is 29.4 Å². The lowest BCUT2D eigenvalue weighted by Crippen LogP contribution is -2.27. The number of carbonyl (C=O) groups excluding carboxylic acids is 2. The molecule has 0 fully saturated rings. The summed E-state index contributed by atoms with van der Waals surface area (Å²) < 4.78 is 0. The van der Waals surface area contributed by atoms with Crippen molar-refractivity contribution in [3.8, 4) is 12.1 Å². The third-order valence-electron chi connectivity index (χ3n) is 5.69. The Morgan fingerprint density at radius 1 is 0.781 bits per heavy atom. The number of aryl methyl sites for hydroxylation is 1. The first-order valence-electron chi connectivity index (χ1n) is 10.6. The van der Waals surface area contributed by atoms with E-state index in [1.54, 1.807) is 36.4 Å². The van der Waals surface area contributed by atoms with E-state index in [2.05, 4.69) is 0 Å². The second-order valence-electron chi connectivity index (χ2n) is 7.89. The van der Waals surface area contributed by atoms with E-state index in [4.69, 9.17) is 0 Å². The van der Waals surface area contributed by atoms with Crippen LogP contribution in [0.2, 0.25) is 0 Å². The van der Waals surface area contributed by atoms with Crippen molar-refractivity contribution in [3.63, 3.8) is 0 Å². The summed E-state index contributed by atoms with van der Waals surface area (Å²) in [5.74, 6) is -2.31. The minimum absolute atomic E-state index is 0.0709. The largest absolute Gasteiger partial charge is 0.294 e. The zero-order valence-corrected chi connectivity index (χ0v) is 17.9. The van der Waals surface area contributed by atoms with Gasteiger partial charge >= 0.3 is 0 Å². The standard InChI is InChI=1S/C28H24N2O2/c1-20-12-14-23(15-13-20)27(31)17-25(22-8-4-2-5-9-22)26(16-21(18-29)19-30)28(32)24-10-6-3-7-11-24/h2-15,21,25-26H,16-17H2,1H3. The highest BCUT2D eigenvalue weighted by Crippen LogP contribution is 2.36. The summed E-state index contributed by atoms with van der Waals surface area (Å²) in [5.41, 5.74) is 3.00. The molecule has 0 N–H and O–H groups in total. The molecule has 4 heteroatoms. The van der Waals surface area contributed by atoms with E-state index in [-0.39, 0.29) is 24.4 Å². The summed E-state index contributed by atoms with van der Waals surface area (Å²) in [6.07, 6.45) is 0.182. The van der Waals surface area contributed by atoms with Crippen molar-refractivity contribution in [2.75, 3.05) is 0 Å². The number of ketones is 2. The maximum atomic E-state index is 13.6.